The first-order valence-electron chi connectivity index (χ1n) is 7.40. The maximum atomic E-state index is 11.9. The molecule has 0 saturated heterocycles. The topological polar surface area (TPSA) is 64.6 Å². The fourth-order valence-electron chi connectivity index (χ4n) is 1.92. The van der Waals surface area contributed by atoms with Gasteiger partial charge in [-0.25, -0.2) is 4.79 Å². The van der Waals surface area contributed by atoms with Gasteiger partial charge < -0.3 is 14.8 Å². The van der Waals surface area contributed by atoms with Crippen LogP contribution in [0.25, 0.3) is 0 Å². The summed E-state index contributed by atoms with van der Waals surface area (Å²) < 4.78 is 11.4. The number of ether oxygens (including phenoxy) is 2. The second-order valence-corrected chi connectivity index (χ2v) is 6.05. The maximum absolute atomic E-state index is 11.9. The quantitative estimate of drug-likeness (QED) is 0.762. The summed E-state index contributed by atoms with van der Waals surface area (Å²) in [5.74, 6) is -0.435. The molecule has 0 spiro atoms. The lowest BCUT2D eigenvalue weighted by molar-refractivity contribution is -0.153. The molecule has 0 heterocycles. The fraction of sp³-hybridized carbons (Fsp3) is 0.222. The van der Waals surface area contributed by atoms with Gasteiger partial charge in [0.25, 0.3) is 5.91 Å². The minimum absolute atomic E-state index is 0.365. The van der Waals surface area contributed by atoms with Crippen LogP contribution in [0.4, 0.5) is 5.69 Å². The molecule has 0 aliphatic heterocycles. The van der Waals surface area contributed by atoms with Crippen molar-refractivity contribution in [3.8, 4) is 5.75 Å². The number of benzene rings is 2. The highest BCUT2D eigenvalue weighted by atomic mass is 79.9. The van der Waals surface area contributed by atoms with Gasteiger partial charge in [0.15, 0.2) is 12.7 Å². The van der Waals surface area contributed by atoms with E-state index in [2.05, 4.69) is 21.2 Å². The first kappa shape index (κ1) is 18.0. The molecule has 6 heteroatoms. The number of halogens is 1. The molecule has 0 aromatic heterocycles. The summed E-state index contributed by atoms with van der Waals surface area (Å²) in [4.78, 5) is 23.7. The van der Waals surface area contributed by atoms with E-state index >= 15 is 0 Å². The number of para-hydroxylation sites is 1. The number of esters is 1. The molecule has 0 bridgehead atoms. The summed E-state index contributed by atoms with van der Waals surface area (Å²) in [5, 5.41) is 2.68. The molecule has 2 aromatic rings. The molecular weight excluding hydrogens is 374 g/mol. The Morgan fingerprint density at radius 3 is 2.54 bits per heavy atom. The van der Waals surface area contributed by atoms with Crippen LogP contribution in [0, 0.1) is 6.92 Å². The number of anilines is 1. The van der Waals surface area contributed by atoms with Crippen molar-refractivity contribution in [1.29, 1.82) is 0 Å². The van der Waals surface area contributed by atoms with E-state index in [9.17, 15) is 9.59 Å². The van der Waals surface area contributed by atoms with E-state index in [1.807, 2.05) is 25.1 Å². The number of hydrogen-bond donors (Lipinski definition) is 1. The molecule has 0 fully saturated rings. The first-order chi connectivity index (χ1) is 11.5. The number of amides is 1. The van der Waals surface area contributed by atoms with Crippen molar-refractivity contribution in [2.45, 2.75) is 20.0 Å². The highest BCUT2D eigenvalue weighted by Crippen LogP contribution is 2.20. The lowest BCUT2D eigenvalue weighted by Gasteiger charge is -2.14. The standard InChI is InChI=1S/C18H18BrNO4/c1-12-10-14(8-9-16(12)19)20-17(21)11-23-18(22)13(2)24-15-6-4-3-5-7-15/h3-10,13H,11H2,1-2H3,(H,20,21)/t13-/m0/s1. The van der Waals surface area contributed by atoms with E-state index in [-0.39, 0.29) is 6.61 Å². The Kier molecular flexibility index (Phi) is 6.37. The van der Waals surface area contributed by atoms with Gasteiger partial charge >= 0.3 is 5.97 Å². The zero-order valence-electron chi connectivity index (χ0n) is 13.4. The lowest BCUT2D eigenvalue weighted by Crippen LogP contribution is -2.29. The van der Waals surface area contributed by atoms with Gasteiger partial charge in [0.2, 0.25) is 0 Å². The van der Waals surface area contributed by atoms with Gasteiger partial charge in [0, 0.05) is 10.2 Å². The molecule has 2 rings (SSSR count). The molecule has 0 aliphatic rings. The monoisotopic (exact) mass is 391 g/mol. The molecule has 0 saturated carbocycles. The molecule has 0 aliphatic carbocycles. The van der Waals surface area contributed by atoms with Crippen molar-refractivity contribution in [2.24, 2.45) is 0 Å². The van der Waals surface area contributed by atoms with Gasteiger partial charge in [0.1, 0.15) is 5.75 Å². The average Bonchev–Trinajstić information content (AvgIpc) is 2.57. The van der Waals surface area contributed by atoms with Gasteiger partial charge in [-0.15, -0.1) is 0 Å². The van der Waals surface area contributed by atoms with Crippen LogP contribution in [0.2, 0.25) is 0 Å². The molecule has 2 aromatic carbocycles. The number of carbonyl (C=O) groups excluding carboxylic acids is 2. The van der Waals surface area contributed by atoms with Crippen LogP contribution in [0.5, 0.6) is 5.75 Å². The fourth-order valence-corrected chi connectivity index (χ4v) is 2.17. The Hall–Kier alpha value is -2.34. The van der Waals surface area contributed by atoms with E-state index in [0.717, 1.165) is 10.0 Å². The number of aryl methyl sites for hydroxylation is 1. The highest BCUT2D eigenvalue weighted by Gasteiger charge is 2.17. The van der Waals surface area contributed by atoms with Gasteiger partial charge in [-0.3, -0.25) is 4.79 Å². The summed E-state index contributed by atoms with van der Waals surface area (Å²) in [6.07, 6.45) is -0.796. The van der Waals surface area contributed by atoms with E-state index in [1.165, 1.54) is 0 Å². The molecule has 0 radical (unpaired) electrons. The van der Waals surface area contributed by atoms with Gasteiger partial charge in [0.05, 0.1) is 0 Å². The number of rotatable bonds is 6. The Labute approximate surface area is 149 Å². The second-order valence-electron chi connectivity index (χ2n) is 5.19. The van der Waals surface area contributed by atoms with Crippen molar-refractivity contribution in [2.75, 3.05) is 11.9 Å². The number of hydrogen-bond acceptors (Lipinski definition) is 4. The molecular formula is C18H18BrNO4. The van der Waals surface area contributed by atoms with E-state index in [0.29, 0.717) is 11.4 Å². The summed E-state index contributed by atoms with van der Waals surface area (Å²) >= 11 is 3.39. The van der Waals surface area contributed by atoms with Crippen molar-refractivity contribution in [3.63, 3.8) is 0 Å². The summed E-state index contributed by atoms with van der Waals surface area (Å²) in [7, 11) is 0. The van der Waals surface area contributed by atoms with Crippen LogP contribution in [0.3, 0.4) is 0 Å². The number of carbonyl (C=O) groups is 2. The summed E-state index contributed by atoms with van der Waals surface area (Å²) in [5.41, 5.74) is 1.64. The zero-order valence-corrected chi connectivity index (χ0v) is 15.0. The Morgan fingerprint density at radius 2 is 1.88 bits per heavy atom. The summed E-state index contributed by atoms with van der Waals surface area (Å²) in [6.45, 7) is 3.13. The molecule has 24 heavy (non-hydrogen) atoms. The van der Waals surface area contributed by atoms with E-state index < -0.39 is 18.0 Å². The van der Waals surface area contributed by atoms with Crippen LogP contribution < -0.4 is 10.1 Å². The van der Waals surface area contributed by atoms with Gasteiger partial charge in [-0.05, 0) is 49.7 Å². The predicted molar refractivity (Wildman–Crippen MR) is 95.0 cm³/mol. The maximum Gasteiger partial charge on any atom is 0.347 e. The predicted octanol–water partition coefficient (Wildman–Crippen LogP) is 3.71. The first-order valence-corrected chi connectivity index (χ1v) is 8.19. The molecule has 5 nitrogen and oxygen atoms in total. The van der Waals surface area contributed by atoms with Crippen molar-refractivity contribution in [1.82, 2.24) is 0 Å². The Balaban J connectivity index is 1.80. The molecule has 1 atom stereocenters. The van der Waals surface area contributed by atoms with E-state index in [1.54, 1.807) is 37.3 Å². The SMILES string of the molecule is Cc1cc(NC(=O)COC(=O)[C@H](C)Oc2ccccc2)ccc1Br. The van der Waals surface area contributed by atoms with Crippen molar-refractivity contribution < 1.29 is 19.1 Å². The summed E-state index contributed by atoms with van der Waals surface area (Å²) in [6, 6.07) is 14.4. The Morgan fingerprint density at radius 1 is 1.17 bits per heavy atom. The van der Waals surface area contributed by atoms with Crippen LogP contribution in [0.15, 0.2) is 53.0 Å². The van der Waals surface area contributed by atoms with Crippen LogP contribution >= 0.6 is 15.9 Å². The molecule has 1 amide bonds. The largest absolute Gasteiger partial charge is 0.479 e. The lowest BCUT2D eigenvalue weighted by atomic mass is 10.2. The van der Waals surface area contributed by atoms with Gasteiger partial charge in [-0.1, -0.05) is 34.1 Å². The van der Waals surface area contributed by atoms with Crippen LogP contribution in [-0.4, -0.2) is 24.6 Å². The number of nitrogens with one attached hydrogen (secondary N) is 1. The zero-order chi connectivity index (χ0) is 17.5. The minimum Gasteiger partial charge on any atom is -0.479 e. The average molecular weight is 392 g/mol. The van der Waals surface area contributed by atoms with Crippen molar-refractivity contribution in [3.05, 3.63) is 58.6 Å². The minimum atomic E-state index is -0.796. The third-order valence-electron chi connectivity index (χ3n) is 3.18. The molecule has 0 unspecified atom stereocenters. The van der Waals surface area contributed by atoms with Gasteiger partial charge in [-0.2, -0.15) is 0 Å². The molecule has 126 valence electrons. The third-order valence-corrected chi connectivity index (χ3v) is 4.06. The van der Waals surface area contributed by atoms with Crippen LogP contribution in [0.1, 0.15) is 12.5 Å². The normalized spacial score (nSPS) is 11.5. The molecule has 1 N–H and O–H groups in total. The van der Waals surface area contributed by atoms with Crippen LogP contribution in [-0.2, 0) is 14.3 Å². The van der Waals surface area contributed by atoms with E-state index in [4.69, 9.17) is 9.47 Å². The second kappa shape index (κ2) is 8.49. The van der Waals surface area contributed by atoms with Crippen molar-refractivity contribution >= 4 is 33.5 Å². The Bertz CT molecular complexity index is 718. The third kappa shape index (κ3) is 5.38. The smallest absolute Gasteiger partial charge is 0.347 e. The highest BCUT2D eigenvalue weighted by molar-refractivity contribution is 9.10.